The number of pyridine rings is 2. The Hall–Kier alpha value is -2.60. The SMILES string of the molecule is COc1c(C)cnc(CSc2nc3c(ccc4cccnc43)[nH]2)c1C. The Bertz CT molecular complexity index is 1070. The minimum Gasteiger partial charge on any atom is -0.496 e. The van der Waals surface area contributed by atoms with Crippen LogP contribution in [0.5, 0.6) is 5.75 Å². The third-order valence-corrected chi connectivity index (χ3v) is 5.18. The van der Waals surface area contributed by atoms with Crippen LogP contribution >= 0.6 is 11.8 Å². The van der Waals surface area contributed by atoms with Gasteiger partial charge in [0.15, 0.2) is 5.16 Å². The molecule has 0 saturated carbocycles. The van der Waals surface area contributed by atoms with Crippen LogP contribution in [0.2, 0.25) is 0 Å². The molecule has 126 valence electrons. The summed E-state index contributed by atoms with van der Waals surface area (Å²) in [5.74, 6) is 1.64. The topological polar surface area (TPSA) is 63.7 Å². The van der Waals surface area contributed by atoms with Crippen molar-refractivity contribution in [3.05, 3.63) is 53.5 Å². The number of thioether (sulfide) groups is 1. The van der Waals surface area contributed by atoms with Crippen molar-refractivity contribution in [1.29, 1.82) is 0 Å². The van der Waals surface area contributed by atoms with Crippen LogP contribution in [-0.4, -0.2) is 27.0 Å². The van der Waals surface area contributed by atoms with E-state index in [1.54, 1.807) is 25.1 Å². The van der Waals surface area contributed by atoms with Crippen LogP contribution in [0, 0.1) is 13.8 Å². The zero-order chi connectivity index (χ0) is 17.4. The van der Waals surface area contributed by atoms with Crippen LogP contribution < -0.4 is 4.74 Å². The summed E-state index contributed by atoms with van der Waals surface area (Å²) in [4.78, 5) is 17.1. The average Bonchev–Trinajstić information content (AvgIpc) is 3.05. The number of aryl methyl sites for hydroxylation is 1. The fraction of sp³-hybridized carbons (Fsp3) is 0.211. The van der Waals surface area contributed by atoms with Crippen molar-refractivity contribution >= 4 is 33.7 Å². The Kier molecular flexibility index (Phi) is 4.05. The van der Waals surface area contributed by atoms with E-state index in [-0.39, 0.29) is 0 Å². The highest BCUT2D eigenvalue weighted by Gasteiger charge is 2.12. The van der Waals surface area contributed by atoms with Crippen LogP contribution in [0.3, 0.4) is 0 Å². The predicted molar refractivity (Wildman–Crippen MR) is 101 cm³/mol. The van der Waals surface area contributed by atoms with E-state index in [4.69, 9.17) is 9.72 Å². The van der Waals surface area contributed by atoms with Gasteiger partial charge in [-0.3, -0.25) is 9.97 Å². The number of methoxy groups -OCH3 is 1. The number of aromatic nitrogens is 4. The van der Waals surface area contributed by atoms with E-state index in [1.807, 2.05) is 26.1 Å². The maximum atomic E-state index is 5.48. The van der Waals surface area contributed by atoms with Gasteiger partial charge >= 0.3 is 0 Å². The van der Waals surface area contributed by atoms with Gasteiger partial charge in [-0.25, -0.2) is 4.98 Å². The molecule has 0 aliphatic heterocycles. The molecule has 1 aromatic carbocycles. The van der Waals surface area contributed by atoms with Crippen LogP contribution in [0.15, 0.2) is 41.8 Å². The number of H-pyrrole nitrogens is 1. The van der Waals surface area contributed by atoms with E-state index in [1.165, 1.54) is 0 Å². The molecule has 0 atom stereocenters. The molecular formula is C19H18N4OS. The minimum atomic E-state index is 0.730. The quantitative estimate of drug-likeness (QED) is 0.552. The highest BCUT2D eigenvalue weighted by Crippen LogP contribution is 2.30. The summed E-state index contributed by atoms with van der Waals surface area (Å²) in [6.07, 6.45) is 3.66. The van der Waals surface area contributed by atoms with E-state index in [0.717, 1.165) is 55.4 Å². The Morgan fingerprint density at radius 1 is 1.12 bits per heavy atom. The fourth-order valence-corrected chi connectivity index (χ4v) is 3.91. The number of fused-ring (bicyclic) bond motifs is 3. The third-order valence-electron chi connectivity index (χ3n) is 4.30. The van der Waals surface area contributed by atoms with Gasteiger partial charge < -0.3 is 9.72 Å². The van der Waals surface area contributed by atoms with Crippen molar-refractivity contribution in [1.82, 2.24) is 19.9 Å². The molecule has 0 unspecified atom stereocenters. The molecule has 1 N–H and O–H groups in total. The number of hydrogen-bond donors (Lipinski definition) is 1. The molecule has 0 radical (unpaired) electrons. The van der Waals surface area contributed by atoms with Gasteiger partial charge in [0.25, 0.3) is 0 Å². The van der Waals surface area contributed by atoms with Crippen molar-refractivity contribution in [3.8, 4) is 5.75 Å². The molecule has 0 spiro atoms. The fourth-order valence-electron chi connectivity index (χ4n) is 3.01. The largest absolute Gasteiger partial charge is 0.496 e. The van der Waals surface area contributed by atoms with Gasteiger partial charge in [0.1, 0.15) is 11.3 Å². The van der Waals surface area contributed by atoms with E-state index in [2.05, 4.69) is 33.2 Å². The molecule has 6 heteroatoms. The average molecular weight is 350 g/mol. The summed E-state index contributed by atoms with van der Waals surface area (Å²) in [6, 6.07) is 8.10. The second-order valence-corrected chi connectivity index (χ2v) is 6.88. The molecule has 4 aromatic rings. The number of hydrogen-bond acceptors (Lipinski definition) is 5. The number of aromatic amines is 1. The molecule has 0 bridgehead atoms. The lowest BCUT2D eigenvalue weighted by molar-refractivity contribution is 0.407. The van der Waals surface area contributed by atoms with Crippen molar-refractivity contribution in [2.45, 2.75) is 24.8 Å². The van der Waals surface area contributed by atoms with Gasteiger partial charge in [-0.05, 0) is 26.0 Å². The number of ether oxygens (including phenoxy) is 1. The first-order valence-corrected chi connectivity index (χ1v) is 9.01. The zero-order valence-corrected chi connectivity index (χ0v) is 15.1. The van der Waals surface area contributed by atoms with Crippen molar-refractivity contribution < 1.29 is 4.74 Å². The Morgan fingerprint density at radius 2 is 2.00 bits per heavy atom. The summed E-state index contributed by atoms with van der Waals surface area (Å²) < 4.78 is 5.48. The Labute approximate surface area is 149 Å². The molecule has 3 heterocycles. The molecule has 0 fully saturated rings. The zero-order valence-electron chi connectivity index (χ0n) is 14.3. The molecular weight excluding hydrogens is 332 g/mol. The summed E-state index contributed by atoms with van der Waals surface area (Å²) >= 11 is 1.63. The molecule has 0 amide bonds. The van der Waals surface area contributed by atoms with Crippen LogP contribution in [0.1, 0.15) is 16.8 Å². The van der Waals surface area contributed by atoms with Gasteiger partial charge in [0.2, 0.25) is 0 Å². The first-order valence-electron chi connectivity index (χ1n) is 8.02. The maximum absolute atomic E-state index is 5.48. The van der Waals surface area contributed by atoms with E-state index < -0.39 is 0 Å². The van der Waals surface area contributed by atoms with Crippen molar-refractivity contribution in [3.63, 3.8) is 0 Å². The first-order chi connectivity index (χ1) is 12.2. The summed E-state index contributed by atoms with van der Waals surface area (Å²) in [6.45, 7) is 4.05. The number of imidazole rings is 1. The first kappa shape index (κ1) is 15.9. The Morgan fingerprint density at radius 3 is 2.84 bits per heavy atom. The number of benzene rings is 1. The molecule has 25 heavy (non-hydrogen) atoms. The highest BCUT2D eigenvalue weighted by atomic mass is 32.2. The smallest absolute Gasteiger partial charge is 0.166 e. The summed E-state index contributed by atoms with van der Waals surface area (Å²) in [7, 11) is 1.70. The van der Waals surface area contributed by atoms with Gasteiger partial charge in [-0.2, -0.15) is 0 Å². The van der Waals surface area contributed by atoms with Crippen LogP contribution in [0.25, 0.3) is 21.9 Å². The second kappa shape index (κ2) is 6.37. The van der Waals surface area contributed by atoms with E-state index >= 15 is 0 Å². The number of rotatable bonds is 4. The number of nitrogens with zero attached hydrogens (tertiary/aromatic N) is 3. The van der Waals surface area contributed by atoms with Gasteiger partial charge in [-0.1, -0.05) is 23.9 Å². The van der Waals surface area contributed by atoms with Crippen LogP contribution in [0.4, 0.5) is 0 Å². The van der Waals surface area contributed by atoms with E-state index in [9.17, 15) is 0 Å². The standard InChI is InChI=1S/C19H18N4OS/c1-11-9-21-15(12(2)18(11)24-3)10-25-19-22-14-7-6-13-5-4-8-20-16(13)17(14)23-19/h4-9H,10H2,1-3H3,(H,22,23). The lowest BCUT2D eigenvalue weighted by atomic mass is 10.1. The monoisotopic (exact) mass is 350 g/mol. The maximum Gasteiger partial charge on any atom is 0.166 e. The van der Waals surface area contributed by atoms with E-state index in [0.29, 0.717) is 0 Å². The predicted octanol–water partition coefficient (Wildman–Crippen LogP) is 4.42. The summed E-state index contributed by atoms with van der Waals surface area (Å²) in [5.41, 5.74) is 5.98. The molecule has 4 rings (SSSR count). The minimum absolute atomic E-state index is 0.730. The van der Waals surface area contributed by atoms with Crippen molar-refractivity contribution in [2.75, 3.05) is 7.11 Å². The van der Waals surface area contributed by atoms with Crippen LogP contribution in [-0.2, 0) is 5.75 Å². The van der Waals surface area contributed by atoms with Gasteiger partial charge in [0, 0.05) is 34.7 Å². The molecule has 3 aromatic heterocycles. The third kappa shape index (κ3) is 2.82. The highest BCUT2D eigenvalue weighted by molar-refractivity contribution is 7.98. The molecule has 0 saturated heterocycles. The molecule has 0 aliphatic carbocycles. The van der Waals surface area contributed by atoms with Gasteiger partial charge in [-0.15, -0.1) is 0 Å². The lowest BCUT2D eigenvalue weighted by Gasteiger charge is -2.11. The molecule has 5 nitrogen and oxygen atoms in total. The Balaban J connectivity index is 1.65. The molecule has 0 aliphatic rings. The number of nitrogens with one attached hydrogen (secondary N) is 1. The second-order valence-electron chi connectivity index (χ2n) is 5.91. The van der Waals surface area contributed by atoms with Crippen molar-refractivity contribution in [2.24, 2.45) is 0 Å². The summed E-state index contributed by atoms with van der Waals surface area (Å²) in [5, 5.41) is 1.97. The lowest BCUT2D eigenvalue weighted by Crippen LogP contribution is -1.98. The van der Waals surface area contributed by atoms with Gasteiger partial charge in [0.05, 0.1) is 23.8 Å². The normalized spacial score (nSPS) is 11.3.